The van der Waals surface area contributed by atoms with Crippen molar-refractivity contribution >= 4 is 16.7 Å². The van der Waals surface area contributed by atoms with Gasteiger partial charge in [-0.05, 0) is 56.9 Å². The summed E-state index contributed by atoms with van der Waals surface area (Å²) in [5.41, 5.74) is 0. The monoisotopic (exact) mass is 306 g/mol. The Balaban J connectivity index is 1.33. The number of fused-ring (bicyclic) bond motifs is 2. The molecule has 0 radical (unpaired) electrons. The van der Waals surface area contributed by atoms with E-state index in [1.54, 1.807) is 11.5 Å². The van der Waals surface area contributed by atoms with Gasteiger partial charge in [-0.1, -0.05) is 6.42 Å². The topological polar surface area (TPSA) is 32.3 Å². The molecule has 2 heterocycles. The van der Waals surface area contributed by atoms with Crippen LogP contribution < -0.4 is 4.90 Å². The summed E-state index contributed by atoms with van der Waals surface area (Å²) < 4.78 is 4.33. The van der Waals surface area contributed by atoms with Crippen molar-refractivity contribution in [1.82, 2.24) is 14.3 Å². The zero-order chi connectivity index (χ0) is 14.2. The van der Waals surface area contributed by atoms with Crippen LogP contribution in [0.3, 0.4) is 0 Å². The molecule has 4 rings (SSSR count). The summed E-state index contributed by atoms with van der Waals surface area (Å²) >= 11 is 1.56. The molecule has 2 aliphatic carbocycles. The summed E-state index contributed by atoms with van der Waals surface area (Å²) in [7, 11) is 0. The number of aromatic nitrogens is 2. The summed E-state index contributed by atoms with van der Waals surface area (Å²) in [6.45, 7) is 8.06. The van der Waals surface area contributed by atoms with E-state index in [1.165, 1.54) is 51.7 Å². The molecule has 1 aromatic heterocycles. The van der Waals surface area contributed by atoms with E-state index in [1.807, 2.05) is 6.92 Å². The predicted molar refractivity (Wildman–Crippen MR) is 86.9 cm³/mol. The van der Waals surface area contributed by atoms with E-state index in [4.69, 9.17) is 0 Å². The fourth-order valence-electron chi connectivity index (χ4n) is 4.69. The average Bonchev–Trinajstić information content (AvgIpc) is 3.15. The van der Waals surface area contributed by atoms with Gasteiger partial charge in [0.25, 0.3) is 0 Å². The van der Waals surface area contributed by atoms with Crippen LogP contribution in [0, 0.1) is 24.7 Å². The summed E-state index contributed by atoms with van der Waals surface area (Å²) in [5, 5.41) is 1.12. The van der Waals surface area contributed by atoms with Gasteiger partial charge in [-0.3, -0.25) is 0 Å². The SMILES string of the molecule is Cc1nsc(N2CCCN(C[C@H]3C[C@H]4CC[C@H]3C4)CC2)n1. The first kappa shape index (κ1) is 13.9. The first-order chi connectivity index (χ1) is 10.3. The lowest BCUT2D eigenvalue weighted by Gasteiger charge is -2.29. The molecule has 1 aliphatic heterocycles. The Kier molecular flexibility index (Phi) is 3.88. The second kappa shape index (κ2) is 5.84. The van der Waals surface area contributed by atoms with Crippen LogP contribution in [0.15, 0.2) is 0 Å². The van der Waals surface area contributed by atoms with Crippen LogP contribution in [0.4, 0.5) is 5.13 Å². The van der Waals surface area contributed by atoms with E-state index in [-0.39, 0.29) is 0 Å². The molecule has 3 atom stereocenters. The molecule has 2 saturated carbocycles. The number of anilines is 1. The minimum Gasteiger partial charge on any atom is -0.346 e. The third-order valence-electron chi connectivity index (χ3n) is 5.75. The van der Waals surface area contributed by atoms with Crippen LogP contribution in [0.1, 0.15) is 37.9 Å². The van der Waals surface area contributed by atoms with Gasteiger partial charge in [-0.2, -0.15) is 4.37 Å². The third kappa shape index (κ3) is 2.95. The highest BCUT2D eigenvalue weighted by atomic mass is 32.1. The van der Waals surface area contributed by atoms with E-state index >= 15 is 0 Å². The molecule has 116 valence electrons. The molecule has 1 saturated heterocycles. The van der Waals surface area contributed by atoms with E-state index in [0.29, 0.717) is 0 Å². The largest absolute Gasteiger partial charge is 0.346 e. The molecule has 0 unspecified atom stereocenters. The molecular formula is C16H26N4S. The molecule has 1 aromatic rings. The first-order valence-electron chi connectivity index (χ1n) is 8.55. The second-order valence-corrected chi connectivity index (χ2v) is 7.93. The van der Waals surface area contributed by atoms with Crippen molar-refractivity contribution in [1.29, 1.82) is 0 Å². The average molecular weight is 306 g/mol. The van der Waals surface area contributed by atoms with Crippen LogP contribution in [-0.4, -0.2) is 47.0 Å². The molecule has 0 spiro atoms. The lowest BCUT2D eigenvalue weighted by atomic mass is 9.88. The maximum atomic E-state index is 4.55. The standard InChI is InChI=1S/C16H26N4S/c1-12-17-16(21-18-12)20-6-2-5-19(7-8-20)11-15-10-13-3-4-14(15)9-13/h13-15H,2-11H2,1H3/t13-,14-,15+/m0/s1. The van der Waals surface area contributed by atoms with Crippen molar-refractivity contribution in [3.8, 4) is 0 Å². The van der Waals surface area contributed by atoms with Crippen molar-refractivity contribution in [3.05, 3.63) is 5.82 Å². The van der Waals surface area contributed by atoms with Crippen LogP contribution in [0.2, 0.25) is 0 Å². The zero-order valence-electron chi connectivity index (χ0n) is 13.0. The summed E-state index contributed by atoms with van der Waals surface area (Å²) in [6, 6.07) is 0. The van der Waals surface area contributed by atoms with E-state index in [2.05, 4.69) is 19.2 Å². The van der Waals surface area contributed by atoms with Crippen LogP contribution in [-0.2, 0) is 0 Å². The minimum atomic E-state index is 0.915. The molecule has 5 heteroatoms. The van der Waals surface area contributed by atoms with Crippen LogP contribution in [0.5, 0.6) is 0 Å². The van der Waals surface area contributed by atoms with Gasteiger partial charge in [-0.25, -0.2) is 4.98 Å². The molecule has 3 aliphatic rings. The normalized spacial score (nSPS) is 33.6. The molecule has 4 nitrogen and oxygen atoms in total. The number of nitrogens with zero attached hydrogens (tertiary/aromatic N) is 4. The lowest BCUT2D eigenvalue weighted by molar-refractivity contribution is 0.199. The van der Waals surface area contributed by atoms with Crippen molar-refractivity contribution in [2.24, 2.45) is 17.8 Å². The third-order valence-corrected chi connectivity index (χ3v) is 6.62. The van der Waals surface area contributed by atoms with Gasteiger partial charge in [0.15, 0.2) is 0 Å². The minimum absolute atomic E-state index is 0.915. The van der Waals surface area contributed by atoms with Crippen molar-refractivity contribution < 1.29 is 0 Å². The van der Waals surface area contributed by atoms with Gasteiger partial charge in [0.1, 0.15) is 5.82 Å². The van der Waals surface area contributed by atoms with Gasteiger partial charge in [0.05, 0.1) is 0 Å². The summed E-state index contributed by atoms with van der Waals surface area (Å²) in [6.07, 6.45) is 7.35. The van der Waals surface area contributed by atoms with Gasteiger partial charge in [-0.15, -0.1) is 0 Å². The smallest absolute Gasteiger partial charge is 0.205 e. The van der Waals surface area contributed by atoms with Crippen molar-refractivity contribution in [2.45, 2.75) is 39.0 Å². The van der Waals surface area contributed by atoms with E-state index in [0.717, 1.165) is 41.8 Å². The van der Waals surface area contributed by atoms with Crippen molar-refractivity contribution in [2.75, 3.05) is 37.6 Å². The Labute approximate surface area is 131 Å². The molecule has 0 aromatic carbocycles. The predicted octanol–water partition coefficient (Wildman–Crippen LogP) is 2.79. The summed E-state index contributed by atoms with van der Waals surface area (Å²) in [4.78, 5) is 9.71. The first-order valence-corrected chi connectivity index (χ1v) is 9.33. The molecule has 2 bridgehead atoms. The Hall–Kier alpha value is -0.680. The maximum Gasteiger partial charge on any atom is 0.205 e. The Bertz CT molecular complexity index is 488. The van der Waals surface area contributed by atoms with Gasteiger partial charge < -0.3 is 9.80 Å². The molecule has 3 fully saturated rings. The van der Waals surface area contributed by atoms with Gasteiger partial charge in [0, 0.05) is 37.7 Å². The molecule has 0 amide bonds. The van der Waals surface area contributed by atoms with Crippen LogP contribution in [0.25, 0.3) is 0 Å². The summed E-state index contributed by atoms with van der Waals surface area (Å²) in [5.74, 6) is 4.05. The quantitative estimate of drug-likeness (QED) is 0.859. The maximum absolute atomic E-state index is 4.55. The number of hydrogen-bond donors (Lipinski definition) is 0. The van der Waals surface area contributed by atoms with Crippen molar-refractivity contribution in [3.63, 3.8) is 0 Å². The highest BCUT2D eigenvalue weighted by molar-refractivity contribution is 7.09. The number of rotatable bonds is 3. The molecule has 0 N–H and O–H groups in total. The number of hydrogen-bond acceptors (Lipinski definition) is 5. The van der Waals surface area contributed by atoms with Gasteiger partial charge in [0.2, 0.25) is 5.13 Å². The molecular weight excluding hydrogens is 280 g/mol. The number of aryl methyl sites for hydroxylation is 1. The van der Waals surface area contributed by atoms with E-state index < -0.39 is 0 Å². The highest BCUT2D eigenvalue weighted by Gasteiger charge is 2.40. The fraction of sp³-hybridized carbons (Fsp3) is 0.875. The van der Waals surface area contributed by atoms with Crippen LogP contribution >= 0.6 is 11.5 Å². The Morgan fingerprint density at radius 1 is 1.14 bits per heavy atom. The molecule has 21 heavy (non-hydrogen) atoms. The fourth-order valence-corrected chi connectivity index (χ4v) is 5.42. The van der Waals surface area contributed by atoms with E-state index in [9.17, 15) is 0 Å². The highest BCUT2D eigenvalue weighted by Crippen LogP contribution is 2.48. The Morgan fingerprint density at radius 3 is 2.81 bits per heavy atom. The second-order valence-electron chi connectivity index (χ2n) is 7.20. The Morgan fingerprint density at radius 2 is 2.10 bits per heavy atom. The van der Waals surface area contributed by atoms with Gasteiger partial charge >= 0.3 is 0 Å². The zero-order valence-corrected chi connectivity index (χ0v) is 13.8. The lowest BCUT2D eigenvalue weighted by Crippen LogP contribution is -2.35.